The van der Waals surface area contributed by atoms with E-state index < -0.39 is 0 Å². The molecule has 0 unspecified atom stereocenters. The molecule has 0 radical (unpaired) electrons. The number of pyridine rings is 1. The SMILES string of the molecule is N#Cc1ccc2nc(-c3cnn4ccccc34)[nH]c2c1. The summed E-state index contributed by atoms with van der Waals surface area (Å²) in [5.41, 5.74) is 4.25. The molecule has 0 saturated carbocycles. The lowest BCUT2D eigenvalue weighted by Gasteiger charge is -1.93. The summed E-state index contributed by atoms with van der Waals surface area (Å²) < 4.78 is 1.81. The molecule has 4 aromatic rings. The maximum Gasteiger partial charge on any atom is 0.142 e. The minimum Gasteiger partial charge on any atom is -0.338 e. The lowest BCUT2D eigenvalue weighted by atomic mass is 10.2. The summed E-state index contributed by atoms with van der Waals surface area (Å²) in [4.78, 5) is 7.81. The van der Waals surface area contributed by atoms with E-state index in [0.717, 1.165) is 27.9 Å². The molecule has 94 valence electrons. The second-order valence-electron chi connectivity index (χ2n) is 4.52. The summed E-state index contributed by atoms with van der Waals surface area (Å²) in [6, 6.07) is 13.4. The molecular formula is C15H9N5. The number of imidazole rings is 1. The third-order valence-corrected chi connectivity index (χ3v) is 3.29. The van der Waals surface area contributed by atoms with Crippen molar-refractivity contribution in [1.29, 1.82) is 5.26 Å². The van der Waals surface area contributed by atoms with Crippen LogP contribution < -0.4 is 0 Å². The van der Waals surface area contributed by atoms with Crippen molar-refractivity contribution in [2.45, 2.75) is 0 Å². The van der Waals surface area contributed by atoms with Gasteiger partial charge < -0.3 is 4.98 Å². The summed E-state index contributed by atoms with van der Waals surface area (Å²) in [5.74, 6) is 0.760. The number of hydrogen-bond acceptors (Lipinski definition) is 3. The highest BCUT2D eigenvalue weighted by Crippen LogP contribution is 2.24. The van der Waals surface area contributed by atoms with Crippen LogP contribution in [0.1, 0.15) is 5.56 Å². The van der Waals surface area contributed by atoms with Gasteiger partial charge in [-0.2, -0.15) is 10.4 Å². The number of rotatable bonds is 1. The maximum atomic E-state index is 8.93. The summed E-state index contributed by atoms with van der Waals surface area (Å²) in [6.07, 6.45) is 3.69. The van der Waals surface area contributed by atoms with E-state index in [4.69, 9.17) is 5.26 Å². The predicted molar refractivity (Wildman–Crippen MR) is 75.0 cm³/mol. The van der Waals surface area contributed by atoms with E-state index >= 15 is 0 Å². The molecule has 0 bridgehead atoms. The summed E-state index contributed by atoms with van der Waals surface area (Å²) >= 11 is 0. The Labute approximate surface area is 114 Å². The average Bonchev–Trinajstić information content (AvgIpc) is 3.09. The first kappa shape index (κ1) is 10.8. The molecule has 0 aliphatic heterocycles. The molecule has 20 heavy (non-hydrogen) atoms. The largest absolute Gasteiger partial charge is 0.338 e. The van der Waals surface area contributed by atoms with E-state index in [1.807, 2.05) is 35.0 Å². The van der Waals surface area contributed by atoms with Crippen LogP contribution in [0.2, 0.25) is 0 Å². The maximum absolute atomic E-state index is 8.93. The number of hydrogen-bond donors (Lipinski definition) is 1. The minimum absolute atomic E-state index is 0.618. The van der Waals surface area contributed by atoms with Crippen LogP contribution in [0.25, 0.3) is 27.9 Å². The number of benzene rings is 1. The Hall–Kier alpha value is -3.13. The van der Waals surface area contributed by atoms with Gasteiger partial charge in [0.25, 0.3) is 0 Å². The van der Waals surface area contributed by atoms with Crippen molar-refractivity contribution in [2.24, 2.45) is 0 Å². The molecule has 0 spiro atoms. The summed E-state index contributed by atoms with van der Waals surface area (Å²) in [6.45, 7) is 0. The monoisotopic (exact) mass is 259 g/mol. The summed E-state index contributed by atoms with van der Waals surface area (Å²) in [5, 5.41) is 13.2. The van der Waals surface area contributed by atoms with Gasteiger partial charge in [-0.1, -0.05) is 6.07 Å². The first-order valence-corrected chi connectivity index (χ1v) is 6.18. The van der Waals surface area contributed by atoms with Gasteiger partial charge in [-0.05, 0) is 30.3 Å². The molecule has 0 aliphatic rings. The van der Waals surface area contributed by atoms with Crippen molar-refractivity contribution in [3.05, 3.63) is 54.4 Å². The Morgan fingerprint density at radius 2 is 2.15 bits per heavy atom. The van der Waals surface area contributed by atoms with Gasteiger partial charge in [-0.15, -0.1) is 0 Å². The van der Waals surface area contributed by atoms with Crippen LogP contribution in [0.3, 0.4) is 0 Å². The summed E-state index contributed by atoms with van der Waals surface area (Å²) in [7, 11) is 0. The van der Waals surface area contributed by atoms with E-state index in [-0.39, 0.29) is 0 Å². The Balaban J connectivity index is 1.96. The Morgan fingerprint density at radius 1 is 1.20 bits per heavy atom. The van der Waals surface area contributed by atoms with Gasteiger partial charge in [-0.25, -0.2) is 9.50 Å². The van der Waals surface area contributed by atoms with Gasteiger partial charge in [0, 0.05) is 6.20 Å². The number of H-pyrrole nitrogens is 1. The quantitative estimate of drug-likeness (QED) is 0.571. The molecule has 4 rings (SSSR count). The van der Waals surface area contributed by atoms with Crippen molar-refractivity contribution in [3.63, 3.8) is 0 Å². The third-order valence-electron chi connectivity index (χ3n) is 3.29. The highest BCUT2D eigenvalue weighted by atomic mass is 15.2. The van der Waals surface area contributed by atoms with E-state index in [1.54, 1.807) is 18.3 Å². The van der Waals surface area contributed by atoms with Crippen LogP contribution >= 0.6 is 0 Å². The number of nitriles is 1. The van der Waals surface area contributed by atoms with Crippen molar-refractivity contribution >= 4 is 16.6 Å². The molecule has 0 amide bonds. The first-order valence-electron chi connectivity index (χ1n) is 6.18. The van der Waals surface area contributed by atoms with Crippen molar-refractivity contribution in [3.8, 4) is 17.5 Å². The third kappa shape index (κ3) is 1.49. The van der Waals surface area contributed by atoms with Gasteiger partial charge in [0.15, 0.2) is 0 Å². The van der Waals surface area contributed by atoms with Gasteiger partial charge in [0.2, 0.25) is 0 Å². The zero-order valence-corrected chi connectivity index (χ0v) is 10.4. The molecule has 5 nitrogen and oxygen atoms in total. The van der Waals surface area contributed by atoms with Crippen molar-refractivity contribution in [1.82, 2.24) is 19.6 Å². The van der Waals surface area contributed by atoms with Crippen LogP contribution in [0.15, 0.2) is 48.8 Å². The van der Waals surface area contributed by atoms with Crippen molar-refractivity contribution in [2.75, 3.05) is 0 Å². The standard InChI is InChI=1S/C15H9N5/c16-8-10-4-5-12-13(7-10)19-15(18-12)11-9-17-20-6-2-1-3-14(11)20/h1-7,9H,(H,18,19). The van der Waals surface area contributed by atoms with Gasteiger partial charge in [0.05, 0.1) is 39.9 Å². The van der Waals surface area contributed by atoms with Crippen LogP contribution in [-0.4, -0.2) is 19.6 Å². The Morgan fingerprint density at radius 3 is 3.05 bits per heavy atom. The second kappa shape index (κ2) is 3.93. The fourth-order valence-corrected chi connectivity index (χ4v) is 2.32. The lowest BCUT2D eigenvalue weighted by Crippen LogP contribution is -1.84. The van der Waals surface area contributed by atoms with E-state index in [2.05, 4.69) is 21.1 Å². The zero-order chi connectivity index (χ0) is 13.5. The van der Waals surface area contributed by atoms with Crippen LogP contribution in [0, 0.1) is 11.3 Å². The highest BCUT2D eigenvalue weighted by molar-refractivity contribution is 5.84. The number of aromatic amines is 1. The van der Waals surface area contributed by atoms with E-state index in [9.17, 15) is 0 Å². The normalized spacial score (nSPS) is 10.9. The fraction of sp³-hybridized carbons (Fsp3) is 0. The fourth-order valence-electron chi connectivity index (χ4n) is 2.32. The number of aromatic nitrogens is 4. The number of nitrogens with one attached hydrogen (secondary N) is 1. The minimum atomic E-state index is 0.618. The lowest BCUT2D eigenvalue weighted by molar-refractivity contribution is 0.961. The Kier molecular flexibility index (Phi) is 2.12. The van der Waals surface area contributed by atoms with Crippen LogP contribution in [0.5, 0.6) is 0 Å². The average molecular weight is 259 g/mol. The van der Waals surface area contributed by atoms with Gasteiger partial charge in [0.1, 0.15) is 5.82 Å². The second-order valence-corrected chi connectivity index (χ2v) is 4.52. The highest BCUT2D eigenvalue weighted by Gasteiger charge is 2.10. The topological polar surface area (TPSA) is 69.8 Å². The molecular weight excluding hydrogens is 250 g/mol. The molecule has 5 heteroatoms. The molecule has 0 fully saturated rings. The Bertz CT molecular complexity index is 971. The molecule has 3 heterocycles. The zero-order valence-electron chi connectivity index (χ0n) is 10.4. The van der Waals surface area contributed by atoms with Gasteiger partial charge in [-0.3, -0.25) is 0 Å². The molecule has 0 saturated heterocycles. The molecule has 1 N–H and O–H groups in total. The van der Waals surface area contributed by atoms with Crippen LogP contribution in [-0.2, 0) is 0 Å². The molecule has 3 aromatic heterocycles. The molecule has 0 atom stereocenters. The number of fused-ring (bicyclic) bond motifs is 2. The molecule has 1 aromatic carbocycles. The number of nitrogens with zero attached hydrogens (tertiary/aromatic N) is 4. The van der Waals surface area contributed by atoms with Crippen molar-refractivity contribution < 1.29 is 0 Å². The van der Waals surface area contributed by atoms with E-state index in [0.29, 0.717) is 5.56 Å². The van der Waals surface area contributed by atoms with Gasteiger partial charge >= 0.3 is 0 Å². The van der Waals surface area contributed by atoms with E-state index in [1.165, 1.54) is 0 Å². The molecule has 0 aliphatic carbocycles. The predicted octanol–water partition coefficient (Wildman–Crippen LogP) is 2.75. The van der Waals surface area contributed by atoms with Crippen LogP contribution in [0.4, 0.5) is 0 Å². The first-order chi connectivity index (χ1) is 9.85. The smallest absolute Gasteiger partial charge is 0.142 e.